The van der Waals surface area contributed by atoms with E-state index in [1.165, 1.54) is 12.7 Å². The van der Waals surface area contributed by atoms with Crippen LogP contribution in [0, 0.1) is 21.3 Å². The third-order valence-corrected chi connectivity index (χ3v) is 11.1. The molecule has 4 aliphatic rings. The Morgan fingerprint density at radius 3 is 2.55 bits per heavy atom. The summed E-state index contributed by atoms with van der Waals surface area (Å²) in [5, 5.41) is 21.2. The number of aromatic hydroxyl groups is 1. The molecule has 0 spiro atoms. The molecule has 2 aromatic rings. The van der Waals surface area contributed by atoms with Crippen LogP contribution in [-0.4, -0.2) is 84.9 Å². The number of amides is 2. The predicted molar refractivity (Wildman–Crippen MR) is 188 cm³/mol. The van der Waals surface area contributed by atoms with Crippen molar-refractivity contribution in [3.8, 4) is 11.5 Å². The topological polar surface area (TPSA) is 109 Å². The molecule has 3 heterocycles. The van der Waals surface area contributed by atoms with Crippen LogP contribution in [0.25, 0.3) is 6.08 Å². The van der Waals surface area contributed by atoms with E-state index in [0.29, 0.717) is 41.5 Å². The van der Waals surface area contributed by atoms with Gasteiger partial charge in [0.15, 0.2) is 11.5 Å². The summed E-state index contributed by atoms with van der Waals surface area (Å²) in [7, 11) is 2.17. The van der Waals surface area contributed by atoms with Gasteiger partial charge in [-0.05, 0) is 108 Å². The van der Waals surface area contributed by atoms with Gasteiger partial charge in [0.1, 0.15) is 0 Å². The number of phenols is 1. The number of benzene rings is 2. The summed E-state index contributed by atoms with van der Waals surface area (Å²) in [4.78, 5) is 32.2. The van der Waals surface area contributed by atoms with Crippen LogP contribution in [0.4, 0.5) is 0 Å². The molecule has 3 saturated heterocycles. The lowest BCUT2D eigenvalue weighted by Gasteiger charge is -2.43. The van der Waals surface area contributed by atoms with Crippen molar-refractivity contribution in [3.05, 3.63) is 73.9 Å². The van der Waals surface area contributed by atoms with E-state index in [-0.39, 0.29) is 35.6 Å². The van der Waals surface area contributed by atoms with Crippen LogP contribution >= 0.6 is 22.6 Å². The Labute approximate surface area is 291 Å². The summed E-state index contributed by atoms with van der Waals surface area (Å²) in [6.45, 7) is 4.96. The largest absolute Gasteiger partial charge is 0.504 e. The molecule has 9 nitrogen and oxygen atoms in total. The minimum atomic E-state index is -1.01. The Kier molecular flexibility index (Phi) is 10.8. The number of allylic oxidation sites excluding steroid dienone is 1. The molecule has 47 heavy (non-hydrogen) atoms. The number of phenolic OH excluding ortho intramolecular Hbond substituents is 1. The number of fused-ring (bicyclic) bond motifs is 3. The van der Waals surface area contributed by atoms with E-state index >= 15 is 0 Å². The number of likely N-dealkylation sites (tertiary alicyclic amines) is 2. The lowest BCUT2D eigenvalue weighted by atomic mass is 9.58. The van der Waals surface area contributed by atoms with Gasteiger partial charge in [-0.3, -0.25) is 19.4 Å². The van der Waals surface area contributed by atoms with Gasteiger partial charge in [0, 0.05) is 32.8 Å². The summed E-state index contributed by atoms with van der Waals surface area (Å²) >= 11 is 2.09. The third-order valence-electron chi connectivity index (χ3n) is 10.3. The number of piperidine rings is 1. The summed E-state index contributed by atoms with van der Waals surface area (Å²) in [6, 6.07) is 14.0. The standard InChI is InChI=1S/C36H44BIN2O7/c1-22(15-24-16-29(38)34(41)31(17-24)46-3)9-10-30-32-25(21-45-2)18-27-33(28(32)19-37(44)47-30)36(43)40(35(27)42)26-11-13-39(14-12-26)20-23-7-5-4-6-8-23/h4-8,15-17,26-28,30,33,41,44H,9-14,18-21H2,1-3H3/b22-15+/t27-,28+,30-,33-/m1/s1. The van der Waals surface area contributed by atoms with Crippen LogP contribution in [0.1, 0.15) is 50.2 Å². The molecule has 1 aliphatic carbocycles. The average molecular weight is 754 g/mol. The maximum atomic E-state index is 14.2. The summed E-state index contributed by atoms with van der Waals surface area (Å²) in [5.74, 6) is -0.776. The molecular weight excluding hydrogens is 710 g/mol. The number of methoxy groups -OCH3 is 2. The monoisotopic (exact) mass is 754 g/mol. The highest BCUT2D eigenvalue weighted by Gasteiger charge is 2.58. The van der Waals surface area contributed by atoms with Crippen LogP contribution in [-0.2, 0) is 25.5 Å². The van der Waals surface area contributed by atoms with Gasteiger partial charge >= 0.3 is 7.12 Å². The van der Waals surface area contributed by atoms with Gasteiger partial charge in [-0.25, -0.2) is 0 Å². The molecule has 0 saturated carbocycles. The van der Waals surface area contributed by atoms with Gasteiger partial charge in [0.2, 0.25) is 11.8 Å². The third kappa shape index (κ3) is 7.20. The molecule has 6 rings (SSSR count). The number of hydrogen-bond acceptors (Lipinski definition) is 8. The fourth-order valence-electron chi connectivity index (χ4n) is 8.18. The molecule has 2 aromatic carbocycles. The van der Waals surface area contributed by atoms with Gasteiger partial charge in [-0.15, -0.1) is 0 Å². The molecular formula is C36H44BIN2O7. The quantitative estimate of drug-likeness (QED) is 0.146. The fraction of sp³-hybridized carbons (Fsp3) is 0.500. The predicted octanol–water partition coefficient (Wildman–Crippen LogP) is 5.30. The van der Waals surface area contributed by atoms with Crippen molar-refractivity contribution in [3.63, 3.8) is 0 Å². The Balaban J connectivity index is 1.17. The SMILES string of the molecule is COCC1=C2[C@@H](CC/C(C)=C/c3cc(I)c(O)c(OC)c3)OB(O)C[C@@H]2[C@@H]2C(=O)N(C3CCN(Cc4ccccc4)CC3)C(=O)[C@@H]2C1. The molecule has 0 radical (unpaired) electrons. The van der Waals surface area contributed by atoms with Crippen molar-refractivity contribution in [2.24, 2.45) is 17.8 Å². The molecule has 0 unspecified atom stereocenters. The maximum absolute atomic E-state index is 14.2. The lowest BCUT2D eigenvalue weighted by Crippen LogP contribution is -2.48. The number of carbonyl (C=O) groups excluding carboxylic acids is 2. The second-order valence-corrected chi connectivity index (χ2v) is 14.5. The van der Waals surface area contributed by atoms with Gasteiger partial charge in [-0.1, -0.05) is 42.0 Å². The Morgan fingerprint density at radius 2 is 1.85 bits per heavy atom. The van der Waals surface area contributed by atoms with Crippen molar-refractivity contribution in [2.45, 2.75) is 64.0 Å². The van der Waals surface area contributed by atoms with E-state index in [1.54, 1.807) is 18.1 Å². The molecule has 2 amide bonds. The zero-order valence-corrected chi connectivity index (χ0v) is 29.5. The van der Waals surface area contributed by atoms with Crippen LogP contribution in [0.15, 0.2) is 59.2 Å². The first-order valence-corrected chi connectivity index (χ1v) is 17.7. The van der Waals surface area contributed by atoms with Crippen molar-refractivity contribution in [2.75, 3.05) is 33.9 Å². The first-order valence-electron chi connectivity index (χ1n) is 16.6. The normalized spacial score (nSPS) is 25.8. The second kappa shape index (κ2) is 14.8. The molecule has 4 atom stereocenters. The first-order chi connectivity index (χ1) is 22.7. The highest BCUT2D eigenvalue weighted by molar-refractivity contribution is 14.1. The van der Waals surface area contributed by atoms with Crippen LogP contribution < -0.4 is 4.74 Å². The Bertz CT molecular complexity index is 1540. The van der Waals surface area contributed by atoms with Crippen molar-refractivity contribution >= 4 is 47.6 Å². The number of rotatable bonds is 10. The Morgan fingerprint density at radius 1 is 1.11 bits per heavy atom. The van der Waals surface area contributed by atoms with Gasteiger partial charge in [-0.2, -0.15) is 0 Å². The van der Waals surface area contributed by atoms with E-state index in [4.69, 9.17) is 14.1 Å². The minimum absolute atomic E-state index is 0.0653. The van der Waals surface area contributed by atoms with Crippen molar-refractivity contribution < 1.29 is 33.8 Å². The first kappa shape index (κ1) is 34.2. The highest BCUT2D eigenvalue weighted by atomic mass is 127. The maximum Gasteiger partial charge on any atom is 0.455 e. The van der Waals surface area contributed by atoms with E-state index in [9.17, 15) is 19.7 Å². The lowest BCUT2D eigenvalue weighted by molar-refractivity contribution is -0.144. The molecule has 3 aliphatic heterocycles. The van der Waals surface area contributed by atoms with Crippen molar-refractivity contribution in [1.82, 2.24) is 9.80 Å². The number of nitrogens with zero attached hydrogens (tertiary/aromatic N) is 2. The van der Waals surface area contributed by atoms with Crippen LogP contribution in [0.2, 0.25) is 6.32 Å². The van der Waals surface area contributed by atoms with Gasteiger partial charge in [0.05, 0.1) is 35.2 Å². The van der Waals surface area contributed by atoms with Gasteiger partial charge in [0.25, 0.3) is 0 Å². The van der Waals surface area contributed by atoms with Crippen LogP contribution in [0.3, 0.4) is 0 Å². The number of carbonyl (C=O) groups is 2. The smallest absolute Gasteiger partial charge is 0.455 e. The highest BCUT2D eigenvalue weighted by Crippen LogP contribution is 2.51. The van der Waals surface area contributed by atoms with Gasteiger partial charge < -0.3 is 24.3 Å². The fourth-order valence-corrected chi connectivity index (χ4v) is 8.81. The number of imide groups is 1. The molecule has 0 bridgehead atoms. The summed E-state index contributed by atoms with van der Waals surface area (Å²) in [5.41, 5.74) is 5.35. The number of ether oxygens (including phenoxy) is 2. The number of hydrogen-bond donors (Lipinski definition) is 2. The van der Waals surface area contributed by atoms with E-state index < -0.39 is 19.0 Å². The van der Waals surface area contributed by atoms with Crippen LogP contribution in [0.5, 0.6) is 11.5 Å². The van der Waals surface area contributed by atoms with E-state index in [0.717, 1.165) is 54.8 Å². The molecule has 11 heteroatoms. The average Bonchev–Trinajstić information content (AvgIpc) is 3.31. The molecule has 250 valence electrons. The van der Waals surface area contributed by atoms with E-state index in [1.807, 2.05) is 19.1 Å². The molecule has 2 N–H and O–H groups in total. The second-order valence-electron chi connectivity index (χ2n) is 13.4. The zero-order chi connectivity index (χ0) is 33.2. The van der Waals surface area contributed by atoms with E-state index in [2.05, 4.69) is 57.8 Å². The van der Waals surface area contributed by atoms with Crippen molar-refractivity contribution in [1.29, 1.82) is 0 Å². The summed E-state index contributed by atoms with van der Waals surface area (Å²) < 4.78 is 17.8. The molecule has 3 fully saturated rings. The Hall–Kier alpha value is -2.71. The number of halogens is 1. The minimum Gasteiger partial charge on any atom is -0.504 e. The zero-order valence-electron chi connectivity index (χ0n) is 27.4. The molecule has 0 aromatic heterocycles. The summed E-state index contributed by atoms with van der Waals surface area (Å²) in [6.07, 6.45) is 5.31.